The van der Waals surface area contributed by atoms with Gasteiger partial charge in [0.2, 0.25) is 0 Å². The van der Waals surface area contributed by atoms with E-state index in [0.717, 1.165) is 29.9 Å². The third-order valence-corrected chi connectivity index (χ3v) is 3.94. The van der Waals surface area contributed by atoms with Crippen molar-refractivity contribution >= 4 is 16.9 Å². The minimum atomic E-state index is 0.428. The van der Waals surface area contributed by atoms with Gasteiger partial charge in [0.05, 0.1) is 11.9 Å². The van der Waals surface area contributed by atoms with Crippen LogP contribution in [0, 0.1) is 0 Å². The number of nitrogens with zero attached hydrogens (tertiary/aromatic N) is 4. The molecule has 0 saturated heterocycles. The van der Waals surface area contributed by atoms with Gasteiger partial charge < -0.3 is 5.73 Å². The van der Waals surface area contributed by atoms with E-state index in [4.69, 9.17) is 5.73 Å². The van der Waals surface area contributed by atoms with Crippen molar-refractivity contribution in [2.24, 2.45) is 0 Å². The Kier molecular flexibility index (Phi) is 3.67. The van der Waals surface area contributed by atoms with E-state index in [-0.39, 0.29) is 0 Å². The van der Waals surface area contributed by atoms with Crippen LogP contribution in [0.15, 0.2) is 66.9 Å². The molecule has 0 radical (unpaired) electrons. The Hall–Kier alpha value is -3.21. The number of para-hydroxylation sites is 1. The van der Waals surface area contributed by atoms with E-state index in [0.29, 0.717) is 11.3 Å². The standard InChI is InChI=1S/C19H17N5/c20-19-18-16(13-24(23-18)15-9-5-2-6-10-15)21-17(22-19)12-11-14-7-3-1-4-8-14/h1-10,13H,11-12H2,(H2,20,21,22). The zero-order valence-electron chi connectivity index (χ0n) is 13.1. The van der Waals surface area contributed by atoms with Crippen LogP contribution < -0.4 is 5.73 Å². The van der Waals surface area contributed by atoms with Gasteiger partial charge in [0.1, 0.15) is 11.3 Å². The summed E-state index contributed by atoms with van der Waals surface area (Å²) in [6.45, 7) is 0. The fraction of sp³-hybridized carbons (Fsp3) is 0.105. The van der Waals surface area contributed by atoms with Gasteiger partial charge >= 0.3 is 0 Å². The van der Waals surface area contributed by atoms with Gasteiger partial charge in [0.25, 0.3) is 0 Å². The SMILES string of the molecule is Nc1nc(CCc2ccccc2)nc2cn(-c3ccccc3)nc12. The number of anilines is 1. The number of nitrogens with two attached hydrogens (primary N) is 1. The summed E-state index contributed by atoms with van der Waals surface area (Å²) in [5.41, 5.74) is 9.74. The molecular weight excluding hydrogens is 298 g/mol. The van der Waals surface area contributed by atoms with Gasteiger partial charge in [-0.05, 0) is 24.1 Å². The number of nitrogen functional groups attached to an aromatic ring is 1. The molecule has 2 heterocycles. The fourth-order valence-electron chi connectivity index (χ4n) is 2.71. The molecule has 0 amide bonds. The van der Waals surface area contributed by atoms with Crippen molar-refractivity contribution in [3.05, 3.63) is 78.2 Å². The quantitative estimate of drug-likeness (QED) is 0.628. The first kappa shape index (κ1) is 14.4. The summed E-state index contributed by atoms with van der Waals surface area (Å²) in [4.78, 5) is 9.04. The summed E-state index contributed by atoms with van der Waals surface area (Å²) in [6, 6.07) is 20.2. The number of hydrogen-bond acceptors (Lipinski definition) is 4. The van der Waals surface area contributed by atoms with Gasteiger partial charge in [0.15, 0.2) is 11.3 Å². The molecule has 0 fully saturated rings. The van der Waals surface area contributed by atoms with E-state index in [1.807, 2.05) is 54.7 Å². The topological polar surface area (TPSA) is 69.6 Å². The number of hydrogen-bond donors (Lipinski definition) is 1. The lowest BCUT2D eigenvalue weighted by Gasteiger charge is -2.02. The van der Waals surface area contributed by atoms with Crippen molar-refractivity contribution in [2.45, 2.75) is 12.8 Å². The van der Waals surface area contributed by atoms with Crippen molar-refractivity contribution in [3.8, 4) is 5.69 Å². The van der Waals surface area contributed by atoms with Crippen LogP contribution >= 0.6 is 0 Å². The third kappa shape index (κ3) is 2.84. The summed E-state index contributed by atoms with van der Waals surface area (Å²) in [5, 5.41) is 4.51. The molecule has 4 aromatic rings. The highest BCUT2D eigenvalue weighted by molar-refractivity contribution is 5.83. The summed E-state index contributed by atoms with van der Waals surface area (Å²) in [6.07, 6.45) is 3.54. The van der Waals surface area contributed by atoms with Crippen LogP contribution in [0.5, 0.6) is 0 Å². The Morgan fingerprint density at radius 3 is 2.29 bits per heavy atom. The van der Waals surface area contributed by atoms with E-state index in [9.17, 15) is 0 Å². The lowest BCUT2D eigenvalue weighted by molar-refractivity contribution is 0.872. The number of fused-ring (bicyclic) bond motifs is 1. The van der Waals surface area contributed by atoms with E-state index in [2.05, 4.69) is 27.2 Å². The number of benzene rings is 2. The predicted molar refractivity (Wildman–Crippen MR) is 94.9 cm³/mol. The average molecular weight is 315 g/mol. The van der Waals surface area contributed by atoms with Crippen LogP contribution in [-0.4, -0.2) is 19.7 Å². The highest BCUT2D eigenvalue weighted by Gasteiger charge is 2.10. The molecule has 0 aliphatic heterocycles. The second kappa shape index (κ2) is 6.12. The lowest BCUT2D eigenvalue weighted by Crippen LogP contribution is -2.02. The molecular formula is C19H17N5. The maximum Gasteiger partial charge on any atom is 0.155 e. The predicted octanol–water partition coefficient (Wildman–Crippen LogP) is 3.18. The van der Waals surface area contributed by atoms with Crippen LogP contribution in [-0.2, 0) is 12.8 Å². The first-order valence-corrected chi connectivity index (χ1v) is 7.91. The highest BCUT2D eigenvalue weighted by atomic mass is 15.3. The van der Waals surface area contributed by atoms with Crippen molar-refractivity contribution in [1.82, 2.24) is 19.7 Å². The molecule has 0 aliphatic rings. The van der Waals surface area contributed by atoms with Crippen LogP contribution in [0.4, 0.5) is 5.82 Å². The molecule has 0 bridgehead atoms. The molecule has 5 nitrogen and oxygen atoms in total. The monoisotopic (exact) mass is 315 g/mol. The van der Waals surface area contributed by atoms with E-state index in [1.165, 1.54) is 5.56 Å². The Balaban J connectivity index is 1.64. The van der Waals surface area contributed by atoms with Gasteiger partial charge in [-0.15, -0.1) is 0 Å². The van der Waals surface area contributed by atoms with Gasteiger partial charge in [-0.2, -0.15) is 5.10 Å². The minimum Gasteiger partial charge on any atom is -0.382 e. The van der Waals surface area contributed by atoms with Crippen LogP contribution in [0.25, 0.3) is 16.7 Å². The summed E-state index contributed by atoms with van der Waals surface area (Å²) in [7, 11) is 0. The van der Waals surface area contributed by atoms with Crippen molar-refractivity contribution < 1.29 is 0 Å². The molecule has 0 aliphatic carbocycles. The molecule has 2 aromatic heterocycles. The minimum absolute atomic E-state index is 0.428. The van der Waals surface area contributed by atoms with Gasteiger partial charge in [-0.1, -0.05) is 48.5 Å². The first-order valence-electron chi connectivity index (χ1n) is 7.91. The second-order valence-electron chi connectivity index (χ2n) is 5.65. The Morgan fingerprint density at radius 2 is 1.54 bits per heavy atom. The van der Waals surface area contributed by atoms with Gasteiger partial charge in [0, 0.05) is 6.42 Å². The van der Waals surface area contributed by atoms with Gasteiger partial charge in [-0.25, -0.2) is 14.6 Å². The largest absolute Gasteiger partial charge is 0.382 e. The van der Waals surface area contributed by atoms with E-state index < -0.39 is 0 Å². The average Bonchev–Trinajstić information content (AvgIpc) is 3.06. The molecule has 0 spiro atoms. The Labute approximate surface area is 139 Å². The van der Waals surface area contributed by atoms with Crippen molar-refractivity contribution in [3.63, 3.8) is 0 Å². The Bertz CT molecular complexity index is 961. The zero-order chi connectivity index (χ0) is 16.4. The molecule has 118 valence electrons. The van der Waals surface area contributed by atoms with E-state index in [1.54, 1.807) is 4.68 Å². The third-order valence-electron chi connectivity index (χ3n) is 3.94. The maximum absolute atomic E-state index is 6.09. The maximum atomic E-state index is 6.09. The van der Waals surface area contributed by atoms with Crippen LogP contribution in [0.3, 0.4) is 0 Å². The smallest absolute Gasteiger partial charge is 0.155 e. The highest BCUT2D eigenvalue weighted by Crippen LogP contribution is 2.19. The zero-order valence-corrected chi connectivity index (χ0v) is 13.1. The molecule has 4 rings (SSSR count). The second-order valence-corrected chi connectivity index (χ2v) is 5.65. The fourth-order valence-corrected chi connectivity index (χ4v) is 2.71. The summed E-state index contributed by atoms with van der Waals surface area (Å²) >= 11 is 0. The molecule has 24 heavy (non-hydrogen) atoms. The van der Waals surface area contributed by atoms with Crippen molar-refractivity contribution in [1.29, 1.82) is 0 Å². The molecule has 0 saturated carbocycles. The van der Waals surface area contributed by atoms with Crippen LogP contribution in [0.1, 0.15) is 11.4 Å². The number of aryl methyl sites for hydroxylation is 2. The molecule has 0 unspecified atom stereocenters. The number of rotatable bonds is 4. The van der Waals surface area contributed by atoms with Crippen LogP contribution in [0.2, 0.25) is 0 Å². The molecule has 0 atom stereocenters. The molecule has 2 N–H and O–H groups in total. The molecule has 5 heteroatoms. The van der Waals surface area contributed by atoms with E-state index >= 15 is 0 Å². The normalized spacial score (nSPS) is 11.0. The summed E-state index contributed by atoms with van der Waals surface area (Å²) in [5.74, 6) is 1.18. The first-order chi connectivity index (χ1) is 11.8. The van der Waals surface area contributed by atoms with Gasteiger partial charge in [-0.3, -0.25) is 0 Å². The lowest BCUT2D eigenvalue weighted by atomic mass is 10.1. The number of aromatic nitrogens is 4. The van der Waals surface area contributed by atoms with Crippen molar-refractivity contribution in [2.75, 3.05) is 5.73 Å². The molecule has 2 aromatic carbocycles. The summed E-state index contributed by atoms with van der Waals surface area (Å²) < 4.78 is 1.79. The Morgan fingerprint density at radius 1 is 0.833 bits per heavy atom.